The molecular weight excluding hydrogens is 939 g/mol. The molecule has 65 heavy (non-hydrogen) atoms. The van der Waals surface area contributed by atoms with Gasteiger partial charge in [0.2, 0.25) is 11.8 Å². The number of aliphatic hydroxyl groups is 2. The summed E-state index contributed by atoms with van der Waals surface area (Å²) >= 11 is 1.14. The predicted molar refractivity (Wildman–Crippen MR) is 237 cm³/mol. The molecule has 0 aromatic carbocycles. The fraction of sp³-hybridized carbons (Fsp3) is 0.676. The van der Waals surface area contributed by atoms with Gasteiger partial charge >= 0.3 is 23.5 Å². The standard InChI is InChI=1S/C37H62N7O17P3S/c1-4-5-6-7-8-9-10-11-12-13-14-15-16-17-28(46)65-21-20-39-27(45)18-19-40-35(49)32(48)37(2,3)23-58-64(55,56)61-63(53,54)57-22-26-31(60-62(50,51)52)30(47)36(59-26)44-25-43-29-33(38)41-24-42-34(29)44/h8-11,24-26,30-32,36,47-48H,4-7,12-23H2,1-3H3,(H,39,45)(H,40,49)(H,53,54)(H,55,56)(H2,38,41,42)(H2,50,51,52)/b9-8+,11-10+. The van der Waals surface area contributed by atoms with Gasteiger partial charge in [0.1, 0.15) is 36.3 Å². The van der Waals surface area contributed by atoms with Crippen LogP contribution in [0.1, 0.15) is 97.6 Å². The zero-order chi connectivity index (χ0) is 48.3. The molecule has 3 rings (SSSR count). The number of phosphoric ester groups is 3. The van der Waals surface area contributed by atoms with Crippen LogP contribution in [0.15, 0.2) is 37.0 Å². The lowest BCUT2D eigenvalue weighted by molar-refractivity contribution is -0.137. The molecule has 28 heteroatoms. The number of imidazole rings is 1. The van der Waals surface area contributed by atoms with E-state index in [1.54, 1.807) is 0 Å². The Kier molecular flexibility index (Phi) is 23.5. The van der Waals surface area contributed by atoms with Crippen LogP contribution in [0.3, 0.4) is 0 Å². The molecule has 1 aliphatic rings. The number of unbranched alkanes of at least 4 members (excludes halogenated alkanes) is 7. The van der Waals surface area contributed by atoms with E-state index < -0.39 is 84.6 Å². The number of aromatic nitrogens is 4. The molecule has 2 aromatic rings. The van der Waals surface area contributed by atoms with Crippen molar-refractivity contribution in [3.05, 3.63) is 37.0 Å². The second kappa shape index (κ2) is 27.1. The van der Waals surface area contributed by atoms with Crippen LogP contribution in [-0.4, -0.2) is 123 Å². The van der Waals surface area contributed by atoms with Crippen molar-refractivity contribution >= 4 is 69.1 Å². The minimum absolute atomic E-state index is 0.0319. The van der Waals surface area contributed by atoms with Crippen LogP contribution in [0.25, 0.3) is 11.2 Å². The minimum Gasteiger partial charge on any atom is -0.386 e. The Bertz CT molecular complexity index is 2050. The Balaban J connectivity index is 1.34. The fourth-order valence-corrected chi connectivity index (χ4v) is 9.66. The summed E-state index contributed by atoms with van der Waals surface area (Å²) in [6, 6.07) is 0. The fourth-order valence-electron chi connectivity index (χ4n) is 6.11. The third-order valence-electron chi connectivity index (χ3n) is 9.62. The third-order valence-corrected chi connectivity index (χ3v) is 13.7. The summed E-state index contributed by atoms with van der Waals surface area (Å²) in [5.74, 6) is -1.05. The number of hydrogen-bond donors (Lipinski definition) is 9. The van der Waals surface area contributed by atoms with E-state index in [2.05, 4.69) is 65.6 Å². The Morgan fingerprint density at radius 3 is 2.28 bits per heavy atom. The highest BCUT2D eigenvalue weighted by Crippen LogP contribution is 2.61. The van der Waals surface area contributed by atoms with Gasteiger partial charge in [0.05, 0.1) is 19.5 Å². The topological polar surface area (TPSA) is 364 Å². The number of nitrogens with two attached hydrogens (primary N) is 1. The highest BCUT2D eigenvalue weighted by Gasteiger charge is 2.50. The van der Waals surface area contributed by atoms with Gasteiger partial charge in [-0.3, -0.25) is 32.5 Å². The number of rotatable bonds is 31. The average molecular weight is 1000 g/mol. The quantitative estimate of drug-likeness (QED) is 0.0295. The molecule has 0 bridgehead atoms. The number of ether oxygens (including phenoxy) is 1. The van der Waals surface area contributed by atoms with Crippen molar-refractivity contribution in [1.82, 2.24) is 30.2 Å². The Hall–Kier alpha value is -2.96. The number of carbonyl (C=O) groups excluding carboxylic acids is 3. The molecule has 0 spiro atoms. The average Bonchev–Trinajstić information content (AvgIpc) is 3.79. The van der Waals surface area contributed by atoms with Crippen molar-refractivity contribution < 1.29 is 80.5 Å². The summed E-state index contributed by atoms with van der Waals surface area (Å²) in [5.41, 5.74) is 4.28. The van der Waals surface area contributed by atoms with Crippen LogP contribution in [0, 0.1) is 5.41 Å². The molecule has 2 amide bonds. The molecule has 0 saturated carbocycles. The summed E-state index contributed by atoms with van der Waals surface area (Å²) < 4.78 is 62.4. The van der Waals surface area contributed by atoms with Gasteiger partial charge < -0.3 is 50.9 Å². The van der Waals surface area contributed by atoms with Crippen molar-refractivity contribution in [1.29, 1.82) is 0 Å². The minimum atomic E-state index is -5.58. The molecule has 368 valence electrons. The largest absolute Gasteiger partial charge is 0.481 e. The highest BCUT2D eigenvalue weighted by molar-refractivity contribution is 8.13. The van der Waals surface area contributed by atoms with Crippen molar-refractivity contribution in [3.63, 3.8) is 0 Å². The van der Waals surface area contributed by atoms with E-state index in [0.29, 0.717) is 12.2 Å². The first-order valence-corrected chi connectivity index (χ1v) is 26.4. The smallest absolute Gasteiger partial charge is 0.386 e. The van der Waals surface area contributed by atoms with Crippen LogP contribution in [0.5, 0.6) is 0 Å². The number of allylic oxidation sites excluding steroid dienone is 4. The van der Waals surface area contributed by atoms with Gasteiger partial charge in [-0.25, -0.2) is 28.6 Å². The van der Waals surface area contributed by atoms with Gasteiger partial charge in [0.15, 0.2) is 22.8 Å². The molecule has 0 aliphatic carbocycles. The summed E-state index contributed by atoms with van der Waals surface area (Å²) in [4.78, 5) is 88.2. The molecule has 24 nitrogen and oxygen atoms in total. The number of nitrogen functional groups attached to an aromatic ring is 1. The van der Waals surface area contributed by atoms with Crippen LogP contribution in [0.2, 0.25) is 0 Å². The van der Waals surface area contributed by atoms with Gasteiger partial charge in [-0.15, -0.1) is 0 Å². The van der Waals surface area contributed by atoms with Crippen molar-refractivity contribution in [2.75, 3.05) is 37.8 Å². The lowest BCUT2D eigenvalue weighted by atomic mass is 9.87. The number of carbonyl (C=O) groups is 3. The number of anilines is 1. The van der Waals surface area contributed by atoms with Gasteiger partial charge in [-0.2, -0.15) is 4.31 Å². The van der Waals surface area contributed by atoms with Crippen molar-refractivity contribution in [2.45, 2.75) is 122 Å². The van der Waals surface area contributed by atoms with Crippen molar-refractivity contribution in [3.8, 4) is 0 Å². The van der Waals surface area contributed by atoms with Gasteiger partial charge in [0.25, 0.3) is 0 Å². The van der Waals surface area contributed by atoms with Crippen LogP contribution >= 0.6 is 35.2 Å². The van der Waals surface area contributed by atoms with Crippen LogP contribution in [0.4, 0.5) is 5.82 Å². The number of thioether (sulfide) groups is 1. The SMILES string of the molecule is CCCCC/C=C/C=C/CCCCCCC(=O)SCCNC(=O)CCNC(=O)C(O)C(C)(C)COP(=O)(O)OP(=O)(O)OCC1OC(n2cnc3c(N)ncnc32)C(O)C1OP(=O)(O)O. The molecule has 7 unspecified atom stereocenters. The lowest BCUT2D eigenvalue weighted by Crippen LogP contribution is -2.46. The van der Waals surface area contributed by atoms with Gasteiger partial charge in [-0.1, -0.05) is 82.5 Å². The normalized spacial score (nSPS) is 20.6. The van der Waals surface area contributed by atoms with Crippen LogP contribution < -0.4 is 16.4 Å². The number of nitrogens with one attached hydrogen (secondary N) is 2. The second-order valence-corrected chi connectivity index (χ2v) is 21.0. The molecule has 1 aliphatic heterocycles. The van der Waals surface area contributed by atoms with E-state index in [0.717, 1.165) is 67.5 Å². The summed E-state index contributed by atoms with van der Waals surface area (Å²) in [7, 11) is -16.4. The molecule has 7 atom stereocenters. The van der Waals surface area contributed by atoms with E-state index >= 15 is 0 Å². The molecule has 1 fully saturated rings. The molecule has 10 N–H and O–H groups in total. The monoisotopic (exact) mass is 1000 g/mol. The van der Waals surface area contributed by atoms with Gasteiger partial charge in [0, 0.05) is 37.1 Å². The van der Waals surface area contributed by atoms with E-state index in [1.807, 2.05) is 0 Å². The zero-order valence-corrected chi connectivity index (χ0v) is 40.0. The maximum absolute atomic E-state index is 12.7. The maximum Gasteiger partial charge on any atom is 0.481 e. The number of phosphoric acid groups is 3. The number of hydrogen-bond acceptors (Lipinski definition) is 18. The van der Waals surface area contributed by atoms with Crippen LogP contribution in [-0.2, 0) is 50.7 Å². The number of amides is 2. The second-order valence-electron chi connectivity index (χ2n) is 15.6. The summed E-state index contributed by atoms with van der Waals surface area (Å²) in [6.45, 7) is 2.73. The Morgan fingerprint density at radius 1 is 0.938 bits per heavy atom. The third kappa shape index (κ3) is 20.4. The highest BCUT2D eigenvalue weighted by atomic mass is 32.2. The lowest BCUT2D eigenvalue weighted by Gasteiger charge is -2.30. The predicted octanol–water partition coefficient (Wildman–Crippen LogP) is 3.70. The molecular formula is C37H62N7O17P3S. The number of aliphatic hydroxyl groups excluding tert-OH is 2. The molecule has 3 heterocycles. The maximum atomic E-state index is 12.7. The number of nitrogens with zero attached hydrogens (tertiary/aromatic N) is 4. The molecule has 0 radical (unpaired) electrons. The van der Waals surface area contributed by atoms with E-state index in [1.165, 1.54) is 33.1 Å². The summed E-state index contributed by atoms with van der Waals surface area (Å²) in [5, 5.41) is 26.6. The number of fused-ring (bicyclic) bond motifs is 1. The molecule has 1 saturated heterocycles. The first kappa shape index (κ1) is 56.4. The van der Waals surface area contributed by atoms with E-state index in [-0.39, 0.29) is 41.6 Å². The molecule has 2 aromatic heterocycles. The van der Waals surface area contributed by atoms with Gasteiger partial charge in [-0.05, 0) is 32.1 Å². The van der Waals surface area contributed by atoms with Crippen molar-refractivity contribution in [2.24, 2.45) is 5.41 Å². The first-order valence-electron chi connectivity index (χ1n) is 20.9. The van der Waals surface area contributed by atoms with E-state index in [4.69, 9.17) is 19.5 Å². The van der Waals surface area contributed by atoms with E-state index in [9.17, 15) is 57.9 Å². The first-order chi connectivity index (χ1) is 30.6. The summed E-state index contributed by atoms with van der Waals surface area (Å²) in [6.07, 6.45) is 11.8. The Morgan fingerprint density at radius 2 is 1.60 bits per heavy atom. The zero-order valence-electron chi connectivity index (χ0n) is 36.5. The Labute approximate surface area is 381 Å².